The quantitative estimate of drug-likeness (QED) is 0.0623. The number of hydrogen-bond donors (Lipinski definition) is 3. The third kappa shape index (κ3) is 9.86. The van der Waals surface area contributed by atoms with Crippen LogP contribution in [-0.4, -0.2) is 47.5 Å². The van der Waals surface area contributed by atoms with Gasteiger partial charge in [-0.2, -0.15) is 0 Å². The number of thiophene rings is 1. The van der Waals surface area contributed by atoms with Crippen molar-refractivity contribution in [2.75, 3.05) is 24.3 Å². The van der Waals surface area contributed by atoms with Crippen LogP contribution >= 0.6 is 34.7 Å². The number of fused-ring (bicyclic) bond motifs is 1. The third-order valence-electron chi connectivity index (χ3n) is 8.75. The lowest BCUT2D eigenvalue weighted by atomic mass is 10.0. The molecule has 0 spiro atoms. The second kappa shape index (κ2) is 18.2. The number of esters is 1. The van der Waals surface area contributed by atoms with Gasteiger partial charge in [0, 0.05) is 45.7 Å². The summed E-state index contributed by atoms with van der Waals surface area (Å²) in [5, 5.41) is 9.23. The van der Waals surface area contributed by atoms with Crippen LogP contribution in [0, 0.1) is 0 Å². The Bertz CT molecular complexity index is 2160. The smallest absolute Gasteiger partial charge is 0.341 e. The number of carbonyl (C=O) groups excluding carboxylic acids is 4. The van der Waals surface area contributed by atoms with E-state index in [0.717, 1.165) is 28.4 Å². The Morgan fingerprint density at radius 2 is 1.65 bits per heavy atom. The predicted octanol–water partition coefficient (Wildman–Crippen LogP) is 8.67. The van der Waals surface area contributed by atoms with E-state index in [0.29, 0.717) is 51.8 Å². The van der Waals surface area contributed by atoms with Crippen molar-refractivity contribution in [1.29, 1.82) is 0 Å². The van der Waals surface area contributed by atoms with Crippen LogP contribution in [0.5, 0.6) is 0 Å². The molecule has 1 aliphatic rings. The first-order valence-electron chi connectivity index (χ1n) is 17.4. The molecular formula is C42H39ClN4O5S2. The first-order chi connectivity index (χ1) is 26.2. The van der Waals surface area contributed by atoms with Crippen molar-refractivity contribution in [2.45, 2.75) is 43.0 Å². The molecule has 0 radical (unpaired) electrons. The van der Waals surface area contributed by atoms with E-state index in [9.17, 15) is 19.2 Å². The lowest BCUT2D eigenvalue weighted by molar-refractivity contribution is -0.116. The van der Waals surface area contributed by atoms with Crippen molar-refractivity contribution in [1.82, 2.24) is 10.2 Å². The number of rotatable bonds is 13. The van der Waals surface area contributed by atoms with Crippen LogP contribution in [0.1, 0.15) is 55.6 Å². The maximum absolute atomic E-state index is 13.8. The largest absolute Gasteiger partial charge is 0.465 e. The number of nitrogens with one attached hydrogen (secondary N) is 3. The summed E-state index contributed by atoms with van der Waals surface area (Å²) >= 11 is 8.84. The fourth-order valence-corrected chi connectivity index (χ4v) is 8.45. The molecule has 0 saturated carbocycles. The summed E-state index contributed by atoms with van der Waals surface area (Å²) in [6, 6.07) is 33.0. The highest BCUT2D eigenvalue weighted by Crippen LogP contribution is 2.39. The van der Waals surface area contributed by atoms with Crippen LogP contribution in [0.25, 0.3) is 6.08 Å². The van der Waals surface area contributed by atoms with Gasteiger partial charge in [-0.3, -0.25) is 19.3 Å². The lowest BCUT2D eigenvalue weighted by Gasteiger charge is -2.27. The summed E-state index contributed by atoms with van der Waals surface area (Å²) < 4.78 is 5.16. The molecule has 0 saturated heterocycles. The molecule has 2 heterocycles. The van der Waals surface area contributed by atoms with Crippen LogP contribution in [0.4, 0.5) is 10.7 Å². The molecule has 3 N–H and O–H groups in total. The second-order valence-electron chi connectivity index (χ2n) is 12.6. The first-order valence-corrected chi connectivity index (χ1v) is 19.5. The van der Waals surface area contributed by atoms with Gasteiger partial charge >= 0.3 is 5.97 Å². The molecule has 1 aliphatic heterocycles. The summed E-state index contributed by atoms with van der Waals surface area (Å²) in [6.45, 7) is 4.18. The summed E-state index contributed by atoms with van der Waals surface area (Å²) in [6.07, 6.45) is 2.76. The Kier molecular flexibility index (Phi) is 13.0. The van der Waals surface area contributed by atoms with Gasteiger partial charge in [0.1, 0.15) is 10.7 Å². The van der Waals surface area contributed by atoms with E-state index in [1.54, 1.807) is 78.9 Å². The number of amides is 3. The summed E-state index contributed by atoms with van der Waals surface area (Å²) in [5.41, 5.74) is 4.17. The van der Waals surface area contributed by atoms with E-state index in [2.05, 4.69) is 33.0 Å². The monoisotopic (exact) mass is 778 g/mol. The molecule has 0 fully saturated rings. The molecule has 0 aliphatic carbocycles. The molecular weight excluding hydrogens is 740 g/mol. The van der Waals surface area contributed by atoms with Crippen molar-refractivity contribution in [3.8, 4) is 0 Å². The Morgan fingerprint density at radius 3 is 2.35 bits per heavy atom. The number of thioether (sulfide) groups is 1. The fourth-order valence-electron chi connectivity index (χ4n) is 6.03. The van der Waals surface area contributed by atoms with E-state index in [1.165, 1.54) is 35.8 Å². The van der Waals surface area contributed by atoms with Crippen LogP contribution < -0.4 is 16.0 Å². The first kappa shape index (κ1) is 38.5. The number of anilines is 2. The molecule has 1 atom stereocenters. The molecule has 9 nitrogen and oxygen atoms in total. The minimum atomic E-state index is -0.527. The zero-order valence-corrected chi connectivity index (χ0v) is 32.2. The highest BCUT2D eigenvalue weighted by molar-refractivity contribution is 8.00. The van der Waals surface area contributed by atoms with Gasteiger partial charge in [-0.1, -0.05) is 85.3 Å². The standard InChI is InChI=1S/C42H39ClN4O5S2/c1-3-35(40(50)46-41-37(42(51)52-2)33-21-22-47(26-36(33)54-41)25-28-11-6-4-7-12-28)53-32-16-10-15-31(24-32)44-39(49)34(23-27-17-19-30(43)20-18-27)45-38(48)29-13-8-5-9-14-29/h4-20,23-24,35H,3,21-22,25-26H2,1-2H3,(H,44,49)(H,45,48)(H,46,50)/b34-23+. The Balaban J connectivity index is 1.15. The molecule has 12 heteroatoms. The molecule has 4 aromatic carbocycles. The highest BCUT2D eigenvalue weighted by Gasteiger charge is 2.30. The normalized spacial score (nSPS) is 13.4. The van der Waals surface area contributed by atoms with Crippen molar-refractivity contribution in [3.63, 3.8) is 0 Å². The predicted molar refractivity (Wildman–Crippen MR) is 217 cm³/mol. The molecule has 3 amide bonds. The zero-order chi connectivity index (χ0) is 38.0. The number of ether oxygens (including phenoxy) is 1. The van der Waals surface area contributed by atoms with Gasteiger partial charge < -0.3 is 20.7 Å². The van der Waals surface area contributed by atoms with Crippen LogP contribution in [-0.2, 0) is 33.8 Å². The van der Waals surface area contributed by atoms with Gasteiger partial charge in [0.05, 0.1) is 17.9 Å². The molecule has 276 valence electrons. The van der Waals surface area contributed by atoms with Crippen LogP contribution in [0.15, 0.2) is 120 Å². The van der Waals surface area contributed by atoms with Crippen LogP contribution in [0.3, 0.4) is 0 Å². The molecule has 54 heavy (non-hydrogen) atoms. The summed E-state index contributed by atoms with van der Waals surface area (Å²) in [7, 11) is 1.35. The van der Waals surface area contributed by atoms with E-state index < -0.39 is 23.0 Å². The van der Waals surface area contributed by atoms with Gasteiger partial charge in [0.2, 0.25) is 5.91 Å². The summed E-state index contributed by atoms with van der Waals surface area (Å²) in [5.74, 6) is -1.66. The number of halogens is 1. The van der Waals surface area contributed by atoms with E-state index in [1.807, 2.05) is 31.2 Å². The molecule has 1 aromatic heterocycles. The van der Waals surface area contributed by atoms with Gasteiger partial charge in [-0.25, -0.2) is 4.79 Å². The zero-order valence-electron chi connectivity index (χ0n) is 29.8. The Morgan fingerprint density at radius 1 is 0.926 bits per heavy atom. The van der Waals surface area contributed by atoms with Gasteiger partial charge in [-0.15, -0.1) is 23.1 Å². The van der Waals surface area contributed by atoms with Crippen molar-refractivity contribution in [3.05, 3.63) is 153 Å². The molecule has 5 aromatic rings. The minimum Gasteiger partial charge on any atom is -0.465 e. The van der Waals surface area contributed by atoms with E-state index in [-0.39, 0.29) is 11.6 Å². The minimum absolute atomic E-state index is 0.0401. The summed E-state index contributed by atoms with van der Waals surface area (Å²) in [4.78, 5) is 57.6. The van der Waals surface area contributed by atoms with Gasteiger partial charge in [-0.05, 0) is 78.1 Å². The maximum atomic E-state index is 13.8. The SMILES string of the molecule is CCC(Sc1cccc(NC(=O)/C(=C\c2ccc(Cl)cc2)NC(=O)c2ccccc2)c1)C(=O)Nc1sc2c(c1C(=O)OC)CCN(Cc1ccccc1)C2. The number of benzene rings is 4. The molecule has 1 unspecified atom stereocenters. The van der Waals surface area contributed by atoms with E-state index in [4.69, 9.17) is 16.3 Å². The average Bonchev–Trinajstić information content (AvgIpc) is 3.54. The molecule has 0 bridgehead atoms. The van der Waals surface area contributed by atoms with Crippen molar-refractivity contribution < 1.29 is 23.9 Å². The lowest BCUT2D eigenvalue weighted by Crippen LogP contribution is -2.30. The third-order valence-corrected chi connectivity index (χ3v) is 11.5. The number of methoxy groups -OCH3 is 1. The molecule has 6 rings (SSSR count). The van der Waals surface area contributed by atoms with Crippen LogP contribution in [0.2, 0.25) is 5.02 Å². The average molecular weight is 779 g/mol. The maximum Gasteiger partial charge on any atom is 0.341 e. The Labute approximate surface area is 327 Å². The second-order valence-corrected chi connectivity index (χ2v) is 15.4. The number of nitrogens with zero attached hydrogens (tertiary/aromatic N) is 1. The fraction of sp³-hybridized carbons (Fsp3) is 0.190. The van der Waals surface area contributed by atoms with Crippen molar-refractivity contribution >= 4 is 75.2 Å². The van der Waals surface area contributed by atoms with E-state index >= 15 is 0 Å². The Hall–Kier alpha value is -5.20. The number of carbonyl (C=O) groups is 4. The van der Waals surface area contributed by atoms with Gasteiger partial charge in [0.15, 0.2) is 0 Å². The topological polar surface area (TPSA) is 117 Å². The number of hydrogen-bond acceptors (Lipinski definition) is 8. The highest BCUT2D eigenvalue weighted by atomic mass is 35.5. The van der Waals surface area contributed by atoms with Crippen molar-refractivity contribution in [2.24, 2.45) is 0 Å². The van der Waals surface area contributed by atoms with Gasteiger partial charge in [0.25, 0.3) is 11.8 Å².